The Bertz CT molecular complexity index is 371. The lowest BCUT2D eigenvalue weighted by Gasteiger charge is -2.29. The third kappa shape index (κ3) is 1.58. The number of hydrogen-bond acceptors (Lipinski definition) is 1. The van der Waals surface area contributed by atoms with Gasteiger partial charge in [0.25, 0.3) is 0 Å². The maximum atomic E-state index is 7.39. The second-order valence-corrected chi connectivity index (χ2v) is 3.83. The molecule has 1 heterocycles. The lowest BCUT2D eigenvalue weighted by molar-refractivity contribution is 0.387. The van der Waals surface area contributed by atoms with Crippen LogP contribution in [0.5, 0.6) is 0 Å². The SMILES string of the molecule is Cc1ccc2c(c1)CN(C(=N)N)CC2. The summed E-state index contributed by atoms with van der Waals surface area (Å²) < 4.78 is 0. The van der Waals surface area contributed by atoms with Crippen LogP contribution in [0.4, 0.5) is 0 Å². The molecule has 0 aromatic heterocycles. The molecule has 2 rings (SSSR count). The Morgan fingerprint density at radius 1 is 1.43 bits per heavy atom. The average Bonchev–Trinajstić information content (AvgIpc) is 2.16. The van der Waals surface area contributed by atoms with Gasteiger partial charge < -0.3 is 10.6 Å². The Morgan fingerprint density at radius 3 is 2.93 bits per heavy atom. The van der Waals surface area contributed by atoms with Crippen LogP contribution in [0.15, 0.2) is 18.2 Å². The van der Waals surface area contributed by atoms with E-state index in [0.29, 0.717) is 0 Å². The molecule has 74 valence electrons. The van der Waals surface area contributed by atoms with Crippen LogP contribution < -0.4 is 5.73 Å². The van der Waals surface area contributed by atoms with Gasteiger partial charge in [0.15, 0.2) is 5.96 Å². The first-order valence-electron chi connectivity index (χ1n) is 4.84. The fraction of sp³-hybridized carbons (Fsp3) is 0.364. The van der Waals surface area contributed by atoms with Crippen LogP contribution in [0.1, 0.15) is 16.7 Å². The molecule has 3 N–H and O–H groups in total. The highest BCUT2D eigenvalue weighted by Crippen LogP contribution is 2.19. The number of nitrogens with one attached hydrogen (secondary N) is 1. The second kappa shape index (κ2) is 3.33. The summed E-state index contributed by atoms with van der Waals surface area (Å²) >= 11 is 0. The van der Waals surface area contributed by atoms with Gasteiger partial charge in [-0.3, -0.25) is 5.41 Å². The van der Waals surface area contributed by atoms with E-state index < -0.39 is 0 Å². The zero-order valence-corrected chi connectivity index (χ0v) is 8.38. The number of nitrogens with zero attached hydrogens (tertiary/aromatic N) is 1. The molecular weight excluding hydrogens is 174 g/mol. The van der Waals surface area contributed by atoms with Crippen molar-refractivity contribution in [2.75, 3.05) is 6.54 Å². The van der Waals surface area contributed by atoms with E-state index in [1.165, 1.54) is 16.7 Å². The first kappa shape index (κ1) is 9.06. The number of fused-ring (bicyclic) bond motifs is 1. The molecule has 0 amide bonds. The van der Waals surface area contributed by atoms with E-state index in [-0.39, 0.29) is 5.96 Å². The van der Waals surface area contributed by atoms with Crippen molar-refractivity contribution in [3.05, 3.63) is 34.9 Å². The summed E-state index contributed by atoms with van der Waals surface area (Å²) in [6.45, 7) is 3.74. The topological polar surface area (TPSA) is 53.1 Å². The summed E-state index contributed by atoms with van der Waals surface area (Å²) in [4.78, 5) is 1.90. The van der Waals surface area contributed by atoms with E-state index in [1.54, 1.807) is 0 Å². The molecule has 1 aliphatic heterocycles. The maximum Gasteiger partial charge on any atom is 0.188 e. The molecule has 0 radical (unpaired) electrons. The summed E-state index contributed by atoms with van der Waals surface area (Å²) in [6.07, 6.45) is 0.995. The van der Waals surface area contributed by atoms with Gasteiger partial charge in [-0.05, 0) is 24.5 Å². The van der Waals surface area contributed by atoms with Crippen molar-refractivity contribution in [3.63, 3.8) is 0 Å². The molecule has 0 saturated heterocycles. The maximum absolute atomic E-state index is 7.39. The fourth-order valence-electron chi connectivity index (χ4n) is 1.89. The summed E-state index contributed by atoms with van der Waals surface area (Å²) in [5.41, 5.74) is 9.45. The van der Waals surface area contributed by atoms with Crippen molar-refractivity contribution in [3.8, 4) is 0 Å². The lowest BCUT2D eigenvalue weighted by atomic mass is 9.98. The van der Waals surface area contributed by atoms with Crippen LogP contribution in [0, 0.1) is 12.3 Å². The third-order valence-corrected chi connectivity index (χ3v) is 2.71. The van der Waals surface area contributed by atoms with E-state index in [9.17, 15) is 0 Å². The van der Waals surface area contributed by atoms with Gasteiger partial charge in [0, 0.05) is 13.1 Å². The third-order valence-electron chi connectivity index (χ3n) is 2.71. The number of aryl methyl sites for hydroxylation is 1. The fourth-order valence-corrected chi connectivity index (χ4v) is 1.89. The van der Waals surface area contributed by atoms with E-state index in [4.69, 9.17) is 11.1 Å². The number of benzene rings is 1. The van der Waals surface area contributed by atoms with Crippen LogP contribution in [-0.4, -0.2) is 17.4 Å². The predicted octanol–water partition coefficient (Wildman–Crippen LogP) is 1.25. The number of nitrogens with two attached hydrogens (primary N) is 1. The largest absolute Gasteiger partial charge is 0.370 e. The van der Waals surface area contributed by atoms with Gasteiger partial charge in [-0.1, -0.05) is 23.8 Å². The molecule has 1 aliphatic rings. The highest BCUT2D eigenvalue weighted by atomic mass is 15.2. The molecule has 0 aliphatic carbocycles. The number of rotatable bonds is 0. The average molecular weight is 189 g/mol. The van der Waals surface area contributed by atoms with E-state index in [2.05, 4.69) is 25.1 Å². The van der Waals surface area contributed by atoms with Crippen LogP contribution >= 0.6 is 0 Å². The molecule has 0 unspecified atom stereocenters. The number of hydrogen-bond donors (Lipinski definition) is 2. The first-order valence-corrected chi connectivity index (χ1v) is 4.84. The Hall–Kier alpha value is -1.51. The first-order chi connectivity index (χ1) is 6.66. The quantitative estimate of drug-likeness (QED) is 0.476. The van der Waals surface area contributed by atoms with Crippen molar-refractivity contribution < 1.29 is 0 Å². The summed E-state index contributed by atoms with van der Waals surface area (Å²) in [7, 11) is 0. The molecule has 0 saturated carbocycles. The summed E-state index contributed by atoms with van der Waals surface area (Å²) in [6, 6.07) is 6.51. The standard InChI is InChI=1S/C11H15N3/c1-8-2-3-9-4-5-14(11(12)13)7-10(9)6-8/h2-3,6H,4-5,7H2,1H3,(H3,12,13). The van der Waals surface area contributed by atoms with Crippen molar-refractivity contribution in [2.45, 2.75) is 19.9 Å². The Kier molecular flexibility index (Phi) is 2.15. The van der Waals surface area contributed by atoms with Crippen LogP contribution in [-0.2, 0) is 13.0 Å². The molecule has 14 heavy (non-hydrogen) atoms. The van der Waals surface area contributed by atoms with Crippen molar-refractivity contribution in [2.24, 2.45) is 5.73 Å². The van der Waals surface area contributed by atoms with Crippen molar-refractivity contribution >= 4 is 5.96 Å². The van der Waals surface area contributed by atoms with Gasteiger partial charge in [-0.25, -0.2) is 0 Å². The normalized spacial score (nSPS) is 15.1. The summed E-state index contributed by atoms with van der Waals surface area (Å²) in [5, 5.41) is 7.39. The second-order valence-electron chi connectivity index (χ2n) is 3.83. The molecule has 0 spiro atoms. The zero-order chi connectivity index (χ0) is 10.1. The van der Waals surface area contributed by atoms with Gasteiger partial charge >= 0.3 is 0 Å². The molecular formula is C11H15N3. The minimum Gasteiger partial charge on any atom is -0.370 e. The molecule has 0 bridgehead atoms. The van der Waals surface area contributed by atoms with E-state index in [1.807, 2.05) is 4.90 Å². The van der Waals surface area contributed by atoms with E-state index in [0.717, 1.165) is 19.5 Å². The van der Waals surface area contributed by atoms with Gasteiger partial charge in [-0.15, -0.1) is 0 Å². The van der Waals surface area contributed by atoms with Crippen LogP contribution in [0.2, 0.25) is 0 Å². The molecule has 3 heteroatoms. The van der Waals surface area contributed by atoms with Gasteiger partial charge in [-0.2, -0.15) is 0 Å². The Morgan fingerprint density at radius 2 is 2.21 bits per heavy atom. The highest BCUT2D eigenvalue weighted by molar-refractivity contribution is 5.74. The van der Waals surface area contributed by atoms with Crippen molar-refractivity contribution in [1.82, 2.24) is 4.90 Å². The molecule has 1 aromatic carbocycles. The zero-order valence-electron chi connectivity index (χ0n) is 8.38. The molecule has 1 aromatic rings. The molecule has 3 nitrogen and oxygen atoms in total. The monoisotopic (exact) mass is 189 g/mol. The van der Waals surface area contributed by atoms with Crippen molar-refractivity contribution in [1.29, 1.82) is 5.41 Å². The number of guanidine groups is 1. The lowest BCUT2D eigenvalue weighted by Crippen LogP contribution is -2.40. The van der Waals surface area contributed by atoms with Crippen LogP contribution in [0.3, 0.4) is 0 Å². The smallest absolute Gasteiger partial charge is 0.188 e. The highest BCUT2D eigenvalue weighted by Gasteiger charge is 2.16. The predicted molar refractivity (Wildman–Crippen MR) is 57.2 cm³/mol. The van der Waals surface area contributed by atoms with Crippen LogP contribution in [0.25, 0.3) is 0 Å². The van der Waals surface area contributed by atoms with E-state index >= 15 is 0 Å². The minimum absolute atomic E-state index is 0.178. The summed E-state index contributed by atoms with van der Waals surface area (Å²) in [5.74, 6) is 0.178. The van der Waals surface area contributed by atoms with Gasteiger partial charge in [0.2, 0.25) is 0 Å². The van der Waals surface area contributed by atoms with Gasteiger partial charge in [0.05, 0.1) is 0 Å². The molecule has 0 fully saturated rings. The Balaban J connectivity index is 2.29. The molecule has 0 atom stereocenters. The Labute approximate surface area is 84.0 Å². The minimum atomic E-state index is 0.178. The van der Waals surface area contributed by atoms with Gasteiger partial charge in [0.1, 0.15) is 0 Å².